The Bertz CT molecular complexity index is 185. The van der Waals surface area contributed by atoms with Crippen molar-refractivity contribution in [1.29, 1.82) is 0 Å². The first kappa shape index (κ1) is 13.5. The summed E-state index contributed by atoms with van der Waals surface area (Å²) in [4.78, 5) is 0. The summed E-state index contributed by atoms with van der Waals surface area (Å²) < 4.78 is 0. The molecule has 0 bridgehead atoms. The molecule has 0 aromatic rings. The molecule has 0 aromatic carbocycles. The van der Waals surface area contributed by atoms with Crippen molar-refractivity contribution >= 4 is 16.1 Å². The van der Waals surface area contributed by atoms with E-state index in [-0.39, 0.29) is 0 Å². The summed E-state index contributed by atoms with van der Waals surface area (Å²) in [6.07, 6.45) is 11.1. The summed E-state index contributed by atoms with van der Waals surface area (Å²) in [7, 11) is -2.35. The second kappa shape index (κ2) is 5.18. The predicted molar refractivity (Wildman–Crippen MR) is 74.2 cm³/mol. The molecule has 1 rings (SSSR count). The van der Waals surface area contributed by atoms with Crippen LogP contribution in [0.4, 0.5) is 0 Å². The standard InChI is InChI=1S/C13H22Si2/c1-14(2,3)11-8-12-15(4,5)13-9-6-7-10-13/h6-12H,1-5H3. The summed E-state index contributed by atoms with van der Waals surface area (Å²) in [6, 6.07) is 4.87. The first-order valence-electron chi connectivity index (χ1n) is 5.57. The highest BCUT2D eigenvalue weighted by Crippen LogP contribution is 2.34. The zero-order valence-electron chi connectivity index (χ0n) is 10.5. The van der Waals surface area contributed by atoms with E-state index in [1.54, 1.807) is 0 Å². The second-order valence-electron chi connectivity index (χ2n) is 5.79. The molecule has 0 N–H and O–H groups in total. The van der Waals surface area contributed by atoms with Gasteiger partial charge < -0.3 is 0 Å². The summed E-state index contributed by atoms with van der Waals surface area (Å²) in [5.41, 5.74) is 1.53. The predicted octanol–water partition coefficient (Wildman–Crippen LogP) is 3.67. The third-order valence-corrected chi connectivity index (χ3v) is 6.56. The molecule has 0 atom stereocenters. The van der Waals surface area contributed by atoms with Gasteiger partial charge in [-0.3, -0.25) is 0 Å². The SMILES string of the molecule is C[Si](C)(C)[CH][CH][CH][Si](C)(C)[C]1[CH][CH][CH][CH]1. The maximum absolute atomic E-state index is 2.45. The van der Waals surface area contributed by atoms with Gasteiger partial charge in [0.2, 0.25) is 0 Å². The minimum atomic E-state index is -1.32. The van der Waals surface area contributed by atoms with E-state index < -0.39 is 16.1 Å². The van der Waals surface area contributed by atoms with Crippen molar-refractivity contribution in [2.45, 2.75) is 32.7 Å². The molecule has 0 aromatic heterocycles. The molecular formula is C13H22Si2. The van der Waals surface area contributed by atoms with Crippen molar-refractivity contribution in [3.63, 3.8) is 0 Å². The molecule has 82 valence electrons. The minimum absolute atomic E-state index is 1.03. The Hall–Kier alpha value is 0.434. The summed E-state index contributed by atoms with van der Waals surface area (Å²) >= 11 is 0. The quantitative estimate of drug-likeness (QED) is 0.637. The van der Waals surface area contributed by atoms with Gasteiger partial charge in [-0.1, -0.05) is 32.7 Å². The highest BCUT2D eigenvalue weighted by atomic mass is 28.3. The van der Waals surface area contributed by atoms with Crippen LogP contribution in [0.2, 0.25) is 32.7 Å². The van der Waals surface area contributed by atoms with E-state index in [9.17, 15) is 0 Å². The van der Waals surface area contributed by atoms with E-state index in [1.165, 1.54) is 5.54 Å². The lowest BCUT2D eigenvalue weighted by Gasteiger charge is -2.29. The number of rotatable bonds is 5. The monoisotopic (exact) mass is 234 g/mol. The van der Waals surface area contributed by atoms with Crippen molar-refractivity contribution < 1.29 is 0 Å². The Morgan fingerprint density at radius 1 is 0.867 bits per heavy atom. The van der Waals surface area contributed by atoms with Gasteiger partial charge in [-0.2, -0.15) is 0 Å². The maximum atomic E-state index is 2.45. The van der Waals surface area contributed by atoms with E-state index in [2.05, 4.69) is 76.9 Å². The van der Waals surface area contributed by atoms with Gasteiger partial charge in [0.25, 0.3) is 0 Å². The van der Waals surface area contributed by atoms with Gasteiger partial charge in [-0.05, 0) is 49.7 Å². The number of hydrogen-bond donors (Lipinski definition) is 0. The summed E-state index contributed by atoms with van der Waals surface area (Å²) in [5.74, 6) is 0. The Morgan fingerprint density at radius 3 is 1.87 bits per heavy atom. The molecule has 0 saturated heterocycles. The van der Waals surface area contributed by atoms with Gasteiger partial charge >= 0.3 is 0 Å². The fraction of sp³-hybridized carbons (Fsp3) is 0.385. The molecule has 1 aliphatic carbocycles. The van der Waals surface area contributed by atoms with Crippen LogP contribution in [0.25, 0.3) is 0 Å². The van der Waals surface area contributed by atoms with E-state index in [1.807, 2.05) is 0 Å². The zero-order chi connectivity index (χ0) is 11.5. The minimum Gasteiger partial charge on any atom is -0.0693 e. The third kappa shape index (κ3) is 4.86. The van der Waals surface area contributed by atoms with Gasteiger partial charge in [-0.15, -0.1) is 0 Å². The molecule has 1 aliphatic rings. The Kier molecular flexibility index (Phi) is 4.66. The highest BCUT2D eigenvalue weighted by Gasteiger charge is 2.34. The van der Waals surface area contributed by atoms with Crippen LogP contribution in [-0.4, -0.2) is 16.1 Å². The molecule has 0 aliphatic heterocycles. The van der Waals surface area contributed by atoms with Crippen LogP contribution in [0, 0.1) is 49.7 Å². The zero-order valence-corrected chi connectivity index (χ0v) is 12.5. The molecule has 0 spiro atoms. The lowest BCUT2D eigenvalue weighted by atomic mass is 10.4. The van der Waals surface area contributed by atoms with E-state index in [4.69, 9.17) is 0 Å². The van der Waals surface area contributed by atoms with Crippen LogP contribution in [0.1, 0.15) is 0 Å². The Balaban J connectivity index is 2.29. The average molecular weight is 234 g/mol. The smallest absolute Gasteiger partial charge is 0.0580 e. The van der Waals surface area contributed by atoms with Crippen molar-refractivity contribution in [2.75, 3.05) is 0 Å². The van der Waals surface area contributed by atoms with Crippen LogP contribution >= 0.6 is 0 Å². The van der Waals surface area contributed by atoms with Crippen molar-refractivity contribution in [3.8, 4) is 0 Å². The van der Waals surface area contributed by atoms with Crippen molar-refractivity contribution in [1.82, 2.24) is 0 Å². The molecule has 1 fully saturated rings. The first-order chi connectivity index (χ1) is 6.81. The van der Waals surface area contributed by atoms with E-state index in [0.717, 1.165) is 0 Å². The topological polar surface area (TPSA) is 0 Å². The normalized spacial score (nSPS) is 19.8. The van der Waals surface area contributed by atoms with Crippen LogP contribution in [0.15, 0.2) is 0 Å². The largest absolute Gasteiger partial charge is 0.0693 e. The lowest BCUT2D eigenvalue weighted by Crippen LogP contribution is -2.36. The summed E-state index contributed by atoms with van der Waals surface area (Å²) in [5, 5.41) is 0. The molecule has 0 amide bonds. The third-order valence-electron chi connectivity index (χ3n) is 2.52. The van der Waals surface area contributed by atoms with Crippen LogP contribution in [0.5, 0.6) is 0 Å². The Morgan fingerprint density at radius 2 is 1.40 bits per heavy atom. The van der Waals surface area contributed by atoms with E-state index >= 15 is 0 Å². The van der Waals surface area contributed by atoms with Crippen LogP contribution < -0.4 is 0 Å². The van der Waals surface area contributed by atoms with Gasteiger partial charge in [0.15, 0.2) is 0 Å². The van der Waals surface area contributed by atoms with Gasteiger partial charge in [0.05, 0.1) is 8.07 Å². The van der Waals surface area contributed by atoms with Crippen molar-refractivity contribution in [2.24, 2.45) is 0 Å². The van der Waals surface area contributed by atoms with Crippen molar-refractivity contribution in [3.05, 3.63) is 49.7 Å². The van der Waals surface area contributed by atoms with Gasteiger partial charge in [-0.25, -0.2) is 0 Å². The molecule has 1 saturated carbocycles. The van der Waals surface area contributed by atoms with Gasteiger partial charge in [0.1, 0.15) is 0 Å². The molecule has 8 radical (unpaired) electrons. The highest BCUT2D eigenvalue weighted by molar-refractivity contribution is 6.87. The molecule has 0 unspecified atom stereocenters. The molecule has 15 heavy (non-hydrogen) atoms. The number of hydrogen-bond acceptors (Lipinski definition) is 0. The maximum Gasteiger partial charge on any atom is 0.0580 e. The molecule has 2 heteroatoms. The fourth-order valence-electron chi connectivity index (χ4n) is 1.48. The first-order valence-corrected chi connectivity index (χ1v) is 12.2. The van der Waals surface area contributed by atoms with Crippen LogP contribution in [0.3, 0.4) is 0 Å². The molecule has 0 heterocycles. The fourth-order valence-corrected chi connectivity index (χ4v) is 4.16. The molecule has 0 nitrogen and oxygen atoms in total. The molecular weight excluding hydrogens is 212 g/mol. The van der Waals surface area contributed by atoms with E-state index in [0.29, 0.717) is 0 Å². The Labute approximate surface area is 98.9 Å². The lowest BCUT2D eigenvalue weighted by molar-refractivity contribution is 1.38. The second-order valence-corrected chi connectivity index (χ2v) is 15.2. The van der Waals surface area contributed by atoms with Gasteiger partial charge in [0, 0.05) is 8.07 Å². The average Bonchev–Trinajstić information content (AvgIpc) is 2.52. The van der Waals surface area contributed by atoms with Crippen LogP contribution in [-0.2, 0) is 0 Å². The summed E-state index contributed by atoms with van der Waals surface area (Å²) in [6.45, 7) is 11.9.